The first-order valence-corrected chi connectivity index (χ1v) is 9.73. The second-order valence-corrected chi connectivity index (χ2v) is 6.79. The molecule has 8 N–H and O–H groups in total. The summed E-state index contributed by atoms with van der Waals surface area (Å²) in [4.78, 5) is 35.1. The van der Waals surface area contributed by atoms with Crippen LogP contribution in [0.3, 0.4) is 0 Å². The van der Waals surface area contributed by atoms with E-state index in [0.29, 0.717) is 0 Å². The van der Waals surface area contributed by atoms with Crippen molar-refractivity contribution < 1.29 is 50.4 Å². The van der Waals surface area contributed by atoms with Gasteiger partial charge in [-0.2, -0.15) is 0 Å². The Kier molecular flexibility index (Phi) is 12.1. The molecule has 0 unspecified atom stereocenters. The van der Waals surface area contributed by atoms with Crippen LogP contribution in [0.5, 0.6) is 0 Å². The van der Waals surface area contributed by atoms with Crippen LogP contribution in [0.1, 0.15) is 21.0 Å². The largest absolute Gasteiger partial charge is 0.394 e. The van der Waals surface area contributed by atoms with E-state index in [4.69, 9.17) is 0 Å². The number of aliphatic hydroxyl groups is 8. The molecule has 0 aliphatic carbocycles. The zero-order valence-corrected chi connectivity index (χ0v) is 17.3. The molecule has 0 aromatic carbocycles. The van der Waals surface area contributed by atoms with Crippen molar-refractivity contribution in [3.63, 3.8) is 0 Å². The van der Waals surface area contributed by atoms with Gasteiger partial charge >= 0.3 is 0 Å². The van der Waals surface area contributed by atoms with Crippen molar-refractivity contribution in [1.82, 2.24) is 19.8 Å². The summed E-state index contributed by atoms with van der Waals surface area (Å²) in [6.07, 6.45) is 1.83. The maximum absolute atomic E-state index is 12.8. The molecular weight excluding hydrogens is 432 g/mol. The molecule has 182 valence electrons. The highest BCUT2D eigenvalue weighted by Crippen LogP contribution is 2.14. The number of nitrogens with zero attached hydrogens (tertiary/aromatic N) is 4. The van der Waals surface area contributed by atoms with Gasteiger partial charge in [0.15, 0.2) is 0 Å². The molecule has 1 aromatic rings. The van der Waals surface area contributed by atoms with Crippen LogP contribution in [-0.2, 0) is 0 Å². The standard InChI is InChI=1S/C18H30N4O10/c23-3-11(4-24)21(12(5-25)6-26)17(31)15-1-19-16(2-20-15)18(32)22(13(7-27)8-28)14(9-29)10-30/h1-2,11-14,23-30H,3-10H2. The molecular formula is C18H30N4O10. The van der Waals surface area contributed by atoms with Gasteiger partial charge in [0.1, 0.15) is 11.4 Å². The zero-order valence-electron chi connectivity index (χ0n) is 17.3. The smallest absolute Gasteiger partial charge is 0.274 e. The molecule has 0 aliphatic rings. The fourth-order valence-electron chi connectivity index (χ4n) is 3.01. The van der Waals surface area contributed by atoms with E-state index in [-0.39, 0.29) is 11.4 Å². The summed E-state index contributed by atoms with van der Waals surface area (Å²) >= 11 is 0. The fourth-order valence-corrected chi connectivity index (χ4v) is 3.01. The molecule has 0 spiro atoms. The van der Waals surface area contributed by atoms with Gasteiger partial charge in [0.25, 0.3) is 11.8 Å². The lowest BCUT2D eigenvalue weighted by Gasteiger charge is -2.35. The number of aliphatic hydroxyl groups excluding tert-OH is 8. The van der Waals surface area contributed by atoms with Crippen LogP contribution >= 0.6 is 0 Å². The normalized spacial score (nSPS) is 11.6. The van der Waals surface area contributed by atoms with E-state index in [1.54, 1.807) is 0 Å². The Hall–Kier alpha value is -2.30. The Bertz CT molecular complexity index is 609. The van der Waals surface area contributed by atoms with E-state index in [1.165, 1.54) is 0 Å². The van der Waals surface area contributed by atoms with E-state index < -0.39 is 88.8 Å². The maximum atomic E-state index is 12.8. The molecule has 32 heavy (non-hydrogen) atoms. The number of aromatic nitrogens is 2. The lowest BCUT2D eigenvalue weighted by molar-refractivity contribution is 0.00445. The molecule has 2 amide bonds. The van der Waals surface area contributed by atoms with Gasteiger partial charge in [-0.25, -0.2) is 9.97 Å². The van der Waals surface area contributed by atoms with Gasteiger partial charge in [0.2, 0.25) is 0 Å². The summed E-state index contributed by atoms with van der Waals surface area (Å²) in [5.41, 5.74) is -0.651. The van der Waals surface area contributed by atoms with E-state index >= 15 is 0 Å². The summed E-state index contributed by atoms with van der Waals surface area (Å²) in [6.45, 7) is -5.29. The van der Waals surface area contributed by atoms with Gasteiger partial charge in [0.05, 0.1) is 89.4 Å². The molecule has 14 nitrogen and oxygen atoms in total. The monoisotopic (exact) mass is 462 g/mol. The minimum atomic E-state index is -1.14. The average Bonchev–Trinajstić information content (AvgIpc) is 2.84. The van der Waals surface area contributed by atoms with Gasteiger partial charge in [-0.05, 0) is 0 Å². The molecule has 0 fully saturated rings. The first kappa shape index (κ1) is 27.7. The molecule has 0 aliphatic heterocycles. The Balaban J connectivity index is 3.26. The van der Waals surface area contributed by atoms with Crippen molar-refractivity contribution in [3.05, 3.63) is 23.8 Å². The Labute approximate surface area is 183 Å². The second kappa shape index (κ2) is 14.0. The van der Waals surface area contributed by atoms with E-state index in [2.05, 4.69) is 9.97 Å². The highest BCUT2D eigenvalue weighted by molar-refractivity contribution is 5.95. The number of carbonyl (C=O) groups is 2. The van der Waals surface area contributed by atoms with Crippen LogP contribution in [0.15, 0.2) is 12.4 Å². The lowest BCUT2D eigenvalue weighted by Crippen LogP contribution is -2.54. The molecule has 1 heterocycles. The first-order chi connectivity index (χ1) is 15.4. The number of hydrogen-bond acceptors (Lipinski definition) is 12. The topological polar surface area (TPSA) is 228 Å². The third kappa shape index (κ3) is 6.36. The SMILES string of the molecule is O=C(c1cnc(C(=O)N(C(CO)CO)C(CO)CO)cn1)N(C(CO)CO)C(CO)CO. The molecule has 14 heteroatoms. The second-order valence-electron chi connectivity index (χ2n) is 6.79. The third-order valence-corrected chi connectivity index (χ3v) is 4.82. The maximum Gasteiger partial charge on any atom is 0.274 e. The van der Waals surface area contributed by atoms with Gasteiger partial charge in [-0.15, -0.1) is 0 Å². The van der Waals surface area contributed by atoms with Gasteiger partial charge in [-0.3, -0.25) is 9.59 Å². The molecule has 0 radical (unpaired) electrons. The molecule has 1 rings (SSSR count). The average molecular weight is 462 g/mol. The van der Waals surface area contributed by atoms with Crippen molar-refractivity contribution in [2.75, 3.05) is 52.9 Å². The molecule has 0 saturated carbocycles. The van der Waals surface area contributed by atoms with Gasteiger partial charge in [0, 0.05) is 0 Å². The van der Waals surface area contributed by atoms with Crippen molar-refractivity contribution in [3.8, 4) is 0 Å². The summed E-state index contributed by atoms with van der Waals surface area (Å²) in [7, 11) is 0. The lowest BCUT2D eigenvalue weighted by atomic mass is 10.1. The zero-order chi connectivity index (χ0) is 24.3. The third-order valence-electron chi connectivity index (χ3n) is 4.82. The number of amides is 2. The molecule has 1 aromatic heterocycles. The summed E-state index contributed by atoms with van der Waals surface area (Å²) in [6, 6.07) is -4.57. The van der Waals surface area contributed by atoms with Crippen LogP contribution < -0.4 is 0 Å². The van der Waals surface area contributed by atoms with Crippen LogP contribution in [-0.4, -0.2) is 149 Å². The van der Waals surface area contributed by atoms with E-state index in [0.717, 1.165) is 22.2 Å². The Morgan fingerprint density at radius 3 is 0.938 bits per heavy atom. The van der Waals surface area contributed by atoms with Crippen molar-refractivity contribution in [1.29, 1.82) is 0 Å². The van der Waals surface area contributed by atoms with E-state index in [9.17, 15) is 50.4 Å². The molecule has 0 atom stereocenters. The highest BCUT2D eigenvalue weighted by Gasteiger charge is 2.33. The summed E-state index contributed by atoms with van der Waals surface area (Å²) < 4.78 is 0. The number of hydrogen-bond donors (Lipinski definition) is 8. The fraction of sp³-hybridized carbons (Fsp3) is 0.667. The van der Waals surface area contributed by atoms with Crippen LogP contribution in [0.25, 0.3) is 0 Å². The molecule has 0 saturated heterocycles. The summed E-state index contributed by atoms with van der Waals surface area (Å²) in [5.74, 6) is -1.77. The van der Waals surface area contributed by atoms with Crippen molar-refractivity contribution >= 4 is 11.8 Å². The predicted molar refractivity (Wildman–Crippen MR) is 106 cm³/mol. The number of rotatable bonds is 14. The van der Waals surface area contributed by atoms with Gasteiger partial charge < -0.3 is 50.7 Å². The Morgan fingerprint density at radius 1 is 0.562 bits per heavy atom. The van der Waals surface area contributed by atoms with Gasteiger partial charge in [-0.1, -0.05) is 0 Å². The number of carbonyl (C=O) groups excluding carboxylic acids is 2. The predicted octanol–water partition coefficient (Wildman–Crippen LogP) is -5.23. The minimum absolute atomic E-state index is 0.325. The van der Waals surface area contributed by atoms with Crippen molar-refractivity contribution in [2.45, 2.75) is 24.2 Å². The minimum Gasteiger partial charge on any atom is -0.394 e. The Morgan fingerprint density at radius 2 is 0.781 bits per heavy atom. The van der Waals surface area contributed by atoms with Crippen LogP contribution in [0.4, 0.5) is 0 Å². The van der Waals surface area contributed by atoms with Crippen LogP contribution in [0.2, 0.25) is 0 Å². The summed E-state index contributed by atoms with van der Waals surface area (Å²) in [5, 5.41) is 75.4. The highest BCUT2D eigenvalue weighted by atomic mass is 16.3. The van der Waals surface area contributed by atoms with Crippen LogP contribution in [0, 0.1) is 0 Å². The molecule has 0 bridgehead atoms. The quantitative estimate of drug-likeness (QED) is 0.130. The van der Waals surface area contributed by atoms with E-state index in [1.807, 2.05) is 0 Å². The van der Waals surface area contributed by atoms with Crippen molar-refractivity contribution in [2.24, 2.45) is 0 Å². The first-order valence-electron chi connectivity index (χ1n) is 9.73.